The van der Waals surface area contributed by atoms with Crippen LogP contribution in [-0.2, 0) is 4.79 Å². The molecule has 3 rings (SSSR count). The Morgan fingerprint density at radius 2 is 1.63 bits per heavy atom. The number of amides is 3. The lowest BCUT2D eigenvalue weighted by atomic mass is 10.2. The molecule has 142 valence electrons. The predicted octanol–water partition coefficient (Wildman–Crippen LogP) is 2.29. The SMILES string of the molecule is NC(=O)CCOc1ccc(NC(=O)N2CCN(c3ccccc3)CC2)cc1. The number of hydrogen-bond donors (Lipinski definition) is 2. The van der Waals surface area contributed by atoms with Crippen molar-refractivity contribution in [3.63, 3.8) is 0 Å². The molecule has 1 fully saturated rings. The van der Waals surface area contributed by atoms with Crippen LogP contribution >= 0.6 is 0 Å². The smallest absolute Gasteiger partial charge is 0.321 e. The van der Waals surface area contributed by atoms with Crippen LogP contribution in [0.2, 0.25) is 0 Å². The zero-order valence-electron chi connectivity index (χ0n) is 15.1. The standard InChI is InChI=1S/C20H24N4O3/c21-19(25)10-15-27-18-8-6-16(7-9-18)22-20(26)24-13-11-23(12-14-24)17-4-2-1-3-5-17/h1-9H,10-15H2,(H2,21,25)(H,22,26). The molecule has 0 aromatic heterocycles. The molecule has 27 heavy (non-hydrogen) atoms. The summed E-state index contributed by atoms with van der Waals surface area (Å²) >= 11 is 0. The number of benzene rings is 2. The zero-order valence-corrected chi connectivity index (χ0v) is 15.1. The molecule has 1 aliphatic heterocycles. The second-order valence-corrected chi connectivity index (χ2v) is 6.33. The molecule has 0 atom stereocenters. The average Bonchev–Trinajstić information content (AvgIpc) is 2.70. The van der Waals surface area contributed by atoms with Gasteiger partial charge in [-0.15, -0.1) is 0 Å². The Labute approximate surface area is 158 Å². The number of nitrogens with zero attached hydrogens (tertiary/aromatic N) is 2. The summed E-state index contributed by atoms with van der Waals surface area (Å²) in [6.07, 6.45) is 0.174. The van der Waals surface area contributed by atoms with Gasteiger partial charge in [0.2, 0.25) is 5.91 Å². The summed E-state index contributed by atoms with van der Waals surface area (Å²) in [5, 5.41) is 2.91. The monoisotopic (exact) mass is 368 g/mol. The Balaban J connectivity index is 1.46. The molecule has 1 heterocycles. The van der Waals surface area contributed by atoms with E-state index in [-0.39, 0.29) is 19.1 Å². The number of anilines is 2. The van der Waals surface area contributed by atoms with E-state index in [0.717, 1.165) is 13.1 Å². The number of hydrogen-bond acceptors (Lipinski definition) is 4. The number of carbonyl (C=O) groups is 2. The molecule has 0 spiro atoms. The number of urea groups is 1. The Kier molecular flexibility index (Phi) is 6.14. The van der Waals surface area contributed by atoms with Crippen LogP contribution in [-0.4, -0.2) is 49.6 Å². The van der Waals surface area contributed by atoms with Crippen molar-refractivity contribution in [3.8, 4) is 5.75 Å². The fourth-order valence-corrected chi connectivity index (χ4v) is 2.91. The second kappa shape index (κ2) is 8.93. The van der Waals surface area contributed by atoms with Crippen LogP contribution < -0.4 is 20.7 Å². The van der Waals surface area contributed by atoms with Crippen molar-refractivity contribution in [2.45, 2.75) is 6.42 Å². The van der Waals surface area contributed by atoms with Crippen molar-refractivity contribution < 1.29 is 14.3 Å². The van der Waals surface area contributed by atoms with Gasteiger partial charge in [0.15, 0.2) is 0 Å². The maximum Gasteiger partial charge on any atom is 0.321 e. The highest BCUT2D eigenvalue weighted by atomic mass is 16.5. The lowest BCUT2D eigenvalue weighted by molar-refractivity contribution is -0.118. The van der Waals surface area contributed by atoms with Crippen molar-refractivity contribution in [2.75, 3.05) is 43.0 Å². The van der Waals surface area contributed by atoms with Crippen LogP contribution in [0.25, 0.3) is 0 Å². The number of rotatable bonds is 6. The topological polar surface area (TPSA) is 87.9 Å². The predicted molar refractivity (Wildman–Crippen MR) is 105 cm³/mol. The molecule has 3 amide bonds. The molecule has 1 saturated heterocycles. The van der Waals surface area contributed by atoms with Crippen LogP contribution in [0.15, 0.2) is 54.6 Å². The quantitative estimate of drug-likeness (QED) is 0.819. The summed E-state index contributed by atoms with van der Waals surface area (Å²) < 4.78 is 5.42. The molecular formula is C20H24N4O3. The third kappa shape index (κ3) is 5.37. The van der Waals surface area contributed by atoms with E-state index in [1.165, 1.54) is 5.69 Å². The molecule has 1 aliphatic rings. The van der Waals surface area contributed by atoms with Gasteiger partial charge < -0.3 is 25.6 Å². The van der Waals surface area contributed by atoms with Crippen molar-refractivity contribution in [1.82, 2.24) is 4.90 Å². The first-order valence-corrected chi connectivity index (χ1v) is 8.99. The first-order valence-electron chi connectivity index (χ1n) is 8.99. The van der Waals surface area contributed by atoms with Gasteiger partial charge in [-0.3, -0.25) is 4.79 Å². The van der Waals surface area contributed by atoms with E-state index >= 15 is 0 Å². The first kappa shape index (κ1) is 18.6. The molecule has 0 radical (unpaired) electrons. The average molecular weight is 368 g/mol. The number of primary amides is 1. The summed E-state index contributed by atoms with van der Waals surface area (Å²) in [5.74, 6) is 0.233. The second-order valence-electron chi connectivity index (χ2n) is 6.33. The van der Waals surface area contributed by atoms with Crippen LogP contribution in [0.1, 0.15) is 6.42 Å². The Morgan fingerprint density at radius 1 is 0.963 bits per heavy atom. The van der Waals surface area contributed by atoms with Gasteiger partial charge in [-0.2, -0.15) is 0 Å². The summed E-state index contributed by atoms with van der Waals surface area (Å²) in [4.78, 5) is 27.3. The molecule has 7 heteroatoms. The van der Waals surface area contributed by atoms with Crippen LogP contribution in [0.4, 0.5) is 16.2 Å². The molecule has 0 aliphatic carbocycles. The van der Waals surface area contributed by atoms with E-state index in [2.05, 4.69) is 22.3 Å². The molecule has 7 nitrogen and oxygen atoms in total. The van der Waals surface area contributed by atoms with E-state index in [4.69, 9.17) is 10.5 Å². The van der Waals surface area contributed by atoms with E-state index < -0.39 is 5.91 Å². The van der Waals surface area contributed by atoms with Crippen molar-refractivity contribution in [1.29, 1.82) is 0 Å². The minimum Gasteiger partial charge on any atom is -0.493 e. The number of para-hydroxylation sites is 1. The maximum atomic E-state index is 12.5. The number of ether oxygens (including phenoxy) is 1. The molecule has 0 bridgehead atoms. The normalized spacial score (nSPS) is 13.9. The van der Waals surface area contributed by atoms with Gasteiger partial charge in [-0.25, -0.2) is 4.79 Å². The van der Waals surface area contributed by atoms with Gasteiger partial charge in [0.05, 0.1) is 13.0 Å². The van der Waals surface area contributed by atoms with Gasteiger partial charge in [0.1, 0.15) is 5.75 Å². The molecular weight excluding hydrogens is 344 g/mol. The third-order valence-electron chi connectivity index (χ3n) is 4.41. The zero-order chi connectivity index (χ0) is 19.1. The Morgan fingerprint density at radius 3 is 2.26 bits per heavy atom. The van der Waals surface area contributed by atoms with Crippen LogP contribution in [0, 0.1) is 0 Å². The van der Waals surface area contributed by atoms with Crippen molar-refractivity contribution in [2.24, 2.45) is 5.73 Å². The summed E-state index contributed by atoms with van der Waals surface area (Å²) in [6, 6.07) is 17.2. The number of nitrogens with one attached hydrogen (secondary N) is 1. The summed E-state index contributed by atoms with van der Waals surface area (Å²) in [5.41, 5.74) is 6.96. The molecule has 2 aromatic rings. The van der Waals surface area contributed by atoms with E-state index in [0.29, 0.717) is 24.5 Å². The van der Waals surface area contributed by atoms with Gasteiger partial charge in [-0.05, 0) is 36.4 Å². The van der Waals surface area contributed by atoms with Crippen molar-refractivity contribution >= 4 is 23.3 Å². The summed E-state index contributed by atoms with van der Waals surface area (Å²) in [6.45, 7) is 3.21. The van der Waals surface area contributed by atoms with Crippen LogP contribution in [0.5, 0.6) is 5.75 Å². The fourth-order valence-electron chi connectivity index (χ4n) is 2.91. The van der Waals surface area contributed by atoms with E-state index in [9.17, 15) is 9.59 Å². The Bertz CT molecular complexity index is 757. The number of carbonyl (C=O) groups excluding carboxylic acids is 2. The van der Waals surface area contributed by atoms with Gasteiger partial charge >= 0.3 is 6.03 Å². The van der Waals surface area contributed by atoms with Gasteiger partial charge in [-0.1, -0.05) is 18.2 Å². The van der Waals surface area contributed by atoms with Gasteiger partial charge in [0.25, 0.3) is 0 Å². The highest BCUT2D eigenvalue weighted by Crippen LogP contribution is 2.18. The highest BCUT2D eigenvalue weighted by Gasteiger charge is 2.21. The van der Waals surface area contributed by atoms with E-state index in [1.54, 1.807) is 24.3 Å². The molecule has 0 unspecified atom stereocenters. The minimum atomic E-state index is -0.397. The maximum absolute atomic E-state index is 12.5. The fraction of sp³-hybridized carbons (Fsp3) is 0.300. The largest absolute Gasteiger partial charge is 0.493 e. The molecule has 0 saturated carbocycles. The highest BCUT2D eigenvalue weighted by molar-refractivity contribution is 5.89. The minimum absolute atomic E-state index is 0.106. The number of piperazine rings is 1. The number of nitrogens with two attached hydrogens (primary N) is 1. The van der Waals surface area contributed by atoms with Gasteiger partial charge in [0, 0.05) is 37.6 Å². The first-order chi connectivity index (χ1) is 13.1. The lowest BCUT2D eigenvalue weighted by Crippen LogP contribution is -2.50. The van der Waals surface area contributed by atoms with Crippen LogP contribution in [0.3, 0.4) is 0 Å². The Hall–Kier alpha value is -3.22. The van der Waals surface area contributed by atoms with Crippen molar-refractivity contribution in [3.05, 3.63) is 54.6 Å². The summed E-state index contributed by atoms with van der Waals surface area (Å²) in [7, 11) is 0. The lowest BCUT2D eigenvalue weighted by Gasteiger charge is -2.36. The third-order valence-corrected chi connectivity index (χ3v) is 4.41. The van der Waals surface area contributed by atoms with E-state index in [1.807, 2.05) is 23.1 Å². The molecule has 3 N–H and O–H groups in total. The molecule has 2 aromatic carbocycles.